The van der Waals surface area contributed by atoms with Crippen molar-refractivity contribution in [2.24, 2.45) is 47.3 Å². The van der Waals surface area contributed by atoms with Gasteiger partial charge in [-0.1, -0.05) is 53.7 Å². The first-order valence-corrected chi connectivity index (χ1v) is 8.21. The van der Waals surface area contributed by atoms with E-state index in [4.69, 9.17) is 0 Å². The minimum atomic E-state index is 0.838. The van der Waals surface area contributed by atoms with Gasteiger partial charge in [-0.2, -0.15) is 0 Å². The third-order valence-electron chi connectivity index (χ3n) is 6.68. The first-order valence-electron chi connectivity index (χ1n) is 8.21. The van der Waals surface area contributed by atoms with Crippen LogP contribution in [0.2, 0.25) is 0 Å². The Morgan fingerprint density at radius 2 is 0.944 bits per heavy atom. The van der Waals surface area contributed by atoms with Crippen LogP contribution in [0.15, 0.2) is 12.2 Å². The highest BCUT2D eigenvalue weighted by atomic mass is 14.5. The Morgan fingerprint density at radius 3 is 1.22 bits per heavy atom. The Labute approximate surface area is 114 Å². The van der Waals surface area contributed by atoms with E-state index in [1.165, 1.54) is 12.8 Å². The summed E-state index contributed by atoms with van der Waals surface area (Å²) >= 11 is 0. The van der Waals surface area contributed by atoms with Crippen LogP contribution in [0, 0.1) is 47.3 Å². The van der Waals surface area contributed by atoms with Crippen molar-refractivity contribution >= 4 is 0 Å². The highest BCUT2D eigenvalue weighted by molar-refractivity contribution is 5.09. The molecule has 2 aliphatic carbocycles. The van der Waals surface area contributed by atoms with Crippen molar-refractivity contribution in [3.05, 3.63) is 12.2 Å². The fourth-order valence-corrected chi connectivity index (χ4v) is 5.07. The molecule has 0 aromatic carbocycles. The van der Waals surface area contributed by atoms with E-state index >= 15 is 0 Å². The molecule has 0 heteroatoms. The molecule has 0 saturated heterocycles. The molecule has 0 heterocycles. The maximum atomic E-state index is 2.56. The second-order valence-corrected chi connectivity index (χ2v) is 7.12. The van der Waals surface area contributed by atoms with Gasteiger partial charge in [-0.05, 0) is 60.2 Å². The molecular weight excluding hydrogens is 216 g/mol. The second-order valence-electron chi connectivity index (χ2n) is 7.12. The maximum absolute atomic E-state index is 2.56. The lowest BCUT2D eigenvalue weighted by Gasteiger charge is -2.54. The predicted octanol–water partition coefficient (Wildman–Crippen LogP) is 5.40. The molecule has 8 unspecified atom stereocenters. The monoisotopic (exact) mass is 248 g/mol. The minimum absolute atomic E-state index is 0.838. The summed E-state index contributed by atoms with van der Waals surface area (Å²) in [6.07, 6.45) is 7.76. The molecule has 2 aliphatic rings. The van der Waals surface area contributed by atoms with Gasteiger partial charge in [0, 0.05) is 0 Å². The van der Waals surface area contributed by atoms with Gasteiger partial charge in [0.2, 0.25) is 0 Å². The van der Waals surface area contributed by atoms with Crippen molar-refractivity contribution in [2.45, 2.75) is 54.4 Å². The Balaban J connectivity index is 2.36. The van der Waals surface area contributed by atoms with Crippen LogP contribution in [0.25, 0.3) is 0 Å². The normalized spacial score (nSPS) is 52.1. The van der Waals surface area contributed by atoms with Crippen LogP contribution >= 0.6 is 0 Å². The Morgan fingerprint density at radius 1 is 0.611 bits per heavy atom. The summed E-state index contributed by atoms with van der Waals surface area (Å²) in [5.74, 6) is 7.11. The van der Waals surface area contributed by atoms with Gasteiger partial charge in [-0.15, -0.1) is 0 Å². The summed E-state index contributed by atoms with van der Waals surface area (Å²) < 4.78 is 0. The van der Waals surface area contributed by atoms with Gasteiger partial charge < -0.3 is 0 Å². The van der Waals surface area contributed by atoms with Gasteiger partial charge in [0.1, 0.15) is 0 Å². The number of fused-ring (bicyclic) bond motifs is 1. The average Bonchev–Trinajstić information content (AvgIpc) is 2.40. The summed E-state index contributed by atoms with van der Waals surface area (Å²) in [5, 5.41) is 0. The quantitative estimate of drug-likeness (QED) is 0.574. The Hall–Kier alpha value is -0.260. The van der Waals surface area contributed by atoms with E-state index in [0.717, 1.165) is 47.3 Å². The van der Waals surface area contributed by atoms with Gasteiger partial charge in [-0.3, -0.25) is 0 Å². The molecule has 0 aliphatic heterocycles. The van der Waals surface area contributed by atoms with Crippen molar-refractivity contribution in [3.63, 3.8) is 0 Å². The van der Waals surface area contributed by atoms with E-state index in [2.05, 4.69) is 53.7 Å². The lowest BCUT2D eigenvalue weighted by molar-refractivity contribution is -0.0377. The molecule has 2 rings (SSSR count). The van der Waals surface area contributed by atoms with Crippen LogP contribution in [-0.2, 0) is 0 Å². The van der Waals surface area contributed by atoms with Crippen LogP contribution < -0.4 is 0 Å². The average molecular weight is 248 g/mol. The van der Waals surface area contributed by atoms with Crippen LogP contribution in [0.5, 0.6) is 0 Å². The zero-order chi connectivity index (χ0) is 13.4. The molecule has 1 fully saturated rings. The highest BCUT2D eigenvalue weighted by Gasteiger charge is 2.48. The standard InChI is InChI=1S/C18H32/c1-7-15-9-10-16(8-2)18-14(6)12(4)11(3)13(5)17(15)18/h9-18H,7-8H2,1-6H3. The molecule has 0 aromatic rings. The van der Waals surface area contributed by atoms with E-state index in [1.807, 2.05) is 0 Å². The third kappa shape index (κ3) is 2.06. The van der Waals surface area contributed by atoms with E-state index < -0.39 is 0 Å². The molecule has 0 spiro atoms. The summed E-state index contributed by atoms with van der Waals surface area (Å²) in [7, 11) is 0. The van der Waals surface area contributed by atoms with Gasteiger partial charge in [0.15, 0.2) is 0 Å². The van der Waals surface area contributed by atoms with Crippen molar-refractivity contribution in [2.75, 3.05) is 0 Å². The third-order valence-corrected chi connectivity index (χ3v) is 6.68. The maximum Gasteiger partial charge on any atom is -0.0202 e. The van der Waals surface area contributed by atoms with Crippen LogP contribution in [0.4, 0.5) is 0 Å². The summed E-state index contributed by atoms with van der Waals surface area (Å²) in [6, 6.07) is 0. The van der Waals surface area contributed by atoms with Crippen molar-refractivity contribution < 1.29 is 0 Å². The lowest BCUT2D eigenvalue weighted by atomic mass is 9.51. The topological polar surface area (TPSA) is 0 Å². The number of allylic oxidation sites excluding steroid dienone is 2. The molecule has 0 N–H and O–H groups in total. The van der Waals surface area contributed by atoms with Gasteiger partial charge in [-0.25, -0.2) is 0 Å². The SMILES string of the molecule is CCC1C=CC(CC)C2C(C)C(C)C(C)C(C)C12. The van der Waals surface area contributed by atoms with Crippen LogP contribution in [-0.4, -0.2) is 0 Å². The van der Waals surface area contributed by atoms with Crippen LogP contribution in [0.3, 0.4) is 0 Å². The largest absolute Gasteiger partial charge is 0.0848 e. The molecule has 0 bridgehead atoms. The molecule has 0 nitrogen and oxygen atoms in total. The van der Waals surface area contributed by atoms with E-state index in [1.54, 1.807) is 0 Å². The van der Waals surface area contributed by atoms with Crippen molar-refractivity contribution in [3.8, 4) is 0 Å². The summed E-state index contributed by atoms with van der Waals surface area (Å²) in [6.45, 7) is 14.8. The van der Waals surface area contributed by atoms with E-state index in [9.17, 15) is 0 Å². The zero-order valence-electron chi connectivity index (χ0n) is 13.2. The molecule has 0 aromatic heterocycles. The molecular formula is C18H32. The molecule has 0 radical (unpaired) electrons. The fraction of sp³-hybridized carbons (Fsp3) is 0.889. The van der Waals surface area contributed by atoms with E-state index in [0.29, 0.717) is 0 Å². The number of rotatable bonds is 2. The molecule has 8 atom stereocenters. The Kier molecular flexibility index (Phi) is 4.24. The van der Waals surface area contributed by atoms with Gasteiger partial charge in [0.25, 0.3) is 0 Å². The van der Waals surface area contributed by atoms with Crippen molar-refractivity contribution in [1.82, 2.24) is 0 Å². The molecule has 0 amide bonds. The summed E-state index contributed by atoms with van der Waals surface area (Å²) in [4.78, 5) is 0. The number of hydrogen-bond donors (Lipinski definition) is 0. The van der Waals surface area contributed by atoms with Crippen LogP contribution in [0.1, 0.15) is 54.4 Å². The molecule has 18 heavy (non-hydrogen) atoms. The highest BCUT2D eigenvalue weighted by Crippen LogP contribution is 2.54. The minimum Gasteiger partial charge on any atom is -0.0848 e. The fourth-order valence-electron chi connectivity index (χ4n) is 5.07. The predicted molar refractivity (Wildman–Crippen MR) is 80.3 cm³/mol. The smallest absolute Gasteiger partial charge is 0.0202 e. The first kappa shape index (κ1) is 14.2. The lowest BCUT2D eigenvalue weighted by Crippen LogP contribution is -2.49. The zero-order valence-corrected chi connectivity index (χ0v) is 13.2. The summed E-state index contributed by atoms with van der Waals surface area (Å²) in [5.41, 5.74) is 0. The van der Waals surface area contributed by atoms with Gasteiger partial charge >= 0.3 is 0 Å². The number of hydrogen-bond acceptors (Lipinski definition) is 0. The van der Waals surface area contributed by atoms with E-state index in [-0.39, 0.29) is 0 Å². The first-order chi connectivity index (χ1) is 8.52. The molecule has 1 saturated carbocycles. The second kappa shape index (κ2) is 5.39. The van der Waals surface area contributed by atoms with Crippen molar-refractivity contribution in [1.29, 1.82) is 0 Å². The van der Waals surface area contributed by atoms with Gasteiger partial charge in [0.05, 0.1) is 0 Å². The Bertz CT molecular complexity index is 273. The molecule has 104 valence electrons.